The van der Waals surface area contributed by atoms with Crippen molar-refractivity contribution >= 4 is 17.7 Å². The van der Waals surface area contributed by atoms with Crippen LogP contribution >= 0.6 is 0 Å². The fourth-order valence-electron chi connectivity index (χ4n) is 3.01. The molecule has 0 spiro atoms. The number of benzene rings is 1. The second-order valence-corrected chi connectivity index (χ2v) is 6.87. The van der Waals surface area contributed by atoms with Crippen LogP contribution in [0.15, 0.2) is 24.4 Å². The van der Waals surface area contributed by atoms with Crippen LogP contribution in [0.25, 0.3) is 0 Å². The van der Waals surface area contributed by atoms with Gasteiger partial charge in [-0.2, -0.15) is 0 Å². The average Bonchev–Trinajstić information content (AvgIpc) is 2.57. The van der Waals surface area contributed by atoms with Crippen molar-refractivity contribution in [2.75, 3.05) is 24.3 Å². The van der Waals surface area contributed by atoms with E-state index < -0.39 is 0 Å². The lowest BCUT2D eigenvalue weighted by Gasteiger charge is -2.25. The van der Waals surface area contributed by atoms with Crippen molar-refractivity contribution in [3.8, 4) is 0 Å². The van der Waals surface area contributed by atoms with Crippen molar-refractivity contribution in [3.05, 3.63) is 46.8 Å². The molecular weight excluding hydrogens is 314 g/mol. The Kier molecular flexibility index (Phi) is 4.88. The third kappa shape index (κ3) is 4.07. The first kappa shape index (κ1) is 17.2. The van der Waals surface area contributed by atoms with Gasteiger partial charge in [-0.05, 0) is 61.9 Å². The summed E-state index contributed by atoms with van der Waals surface area (Å²) in [5.41, 5.74) is 5.40. The minimum atomic E-state index is -0.164. The molecule has 1 heterocycles. The molecule has 1 aromatic heterocycles. The number of anilines is 2. The third-order valence-electron chi connectivity index (χ3n) is 4.64. The van der Waals surface area contributed by atoms with Crippen LogP contribution in [-0.2, 0) is 12.8 Å². The molecule has 1 aliphatic rings. The summed E-state index contributed by atoms with van der Waals surface area (Å²) in [4.78, 5) is 23.2. The highest BCUT2D eigenvalue weighted by molar-refractivity contribution is 5.89. The van der Waals surface area contributed by atoms with Crippen molar-refractivity contribution in [1.82, 2.24) is 15.3 Å². The Balaban J connectivity index is 1.60. The maximum atomic E-state index is 12.3. The van der Waals surface area contributed by atoms with E-state index in [0.29, 0.717) is 0 Å². The standard InChI is InChI=1S/C19H25N5O/c1-12-5-6-15(9-13(12)2)21-19(25)22-16-7-8-17-14(10-16)11-20-18(23-17)24(3)4/h5-6,9,11,16H,7-8,10H2,1-4H3,(H2,21,22,25). The number of rotatable bonds is 3. The molecule has 0 bridgehead atoms. The number of fused-ring (bicyclic) bond motifs is 1. The Bertz CT molecular complexity index is 787. The maximum Gasteiger partial charge on any atom is 0.319 e. The van der Waals surface area contributed by atoms with Crippen LogP contribution in [-0.4, -0.2) is 36.1 Å². The molecule has 2 amide bonds. The minimum absolute atomic E-state index is 0.104. The highest BCUT2D eigenvalue weighted by Gasteiger charge is 2.22. The molecule has 3 rings (SSSR count). The Hall–Kier alpha value is -2.63. The SMILES string of the molecule is Cc1ccc(NC(=O)NC2CCc3nc(N(C)C)ncc3C2)cc1C. The molecule has 0 fully saturated rings. The molecule has 0 saturated carbocycles. The summed E-state index contributed by atoms with van der Waals surface area (Å²) in [6.45, 7) is 4.10. The van der Waals surface area contributed by atoms with Crippen LogP contribution in [0.2, 0.25) is 0 Å². The van der Waals surface area contributed by atoms with E-state index in [2.05, 4.69) is 27.5 Å². The summed E-state index contributed by atoms with van der Waals surface area (Å²) in [5.74, 6) is 0.734. The van der Waals surface area contributed by atoms with E-state index in [1.807, 2.05) is 50.3 Å². The van der Waals surface area contributed by atoms with Gasteiger partial charge in [0.2, 0.25) is 5.95 Å². The summed E-state index contributed by atoms with van der Waals surface area (Å²) in [6, 6.07) is 5.87. The van der Waals surface area contributed by atoms with E-state index in [0.717, 1.165) is 42.2 Å². The number of carbonyl (C=O) groups is 1. The number of aromatic nitrogens is 2. The van der Waals surface area contributed by atoms with Gasteiger partial charge in [-0.25, -0.2) is 14.8 Å². The van der Waals surface area contributed by atoms with E-state index in [1.54, 1.807) is 0 Å². The summed E-state index contributed by atoms with van der Waals surface area (Å²) < 4.78 is 0. The molecule has 1 unspecified atom stereocenters. The average molecular weight is 339 g/mol. The van der Waals surface area contributed by atoms with Gasteiger partial charge in [0.1, 0.15) is 0 Å². The molecule has 1 atom stereocenters. The van der Waals surface area contributed by atoms with Crippen LogP contribution in [0.5, 0.6) is 0 Å². The molecule has 0 saturated heterocycles. The lowest BCUT2D eigenvalue weighted by atomic mass is 9.93. The van der Waals surface area contributed by atoms with Gasteiger partial charge in [0, 0.05) is 37.7 Å². The lowest BCUT2D eigenvalue weighted by Crippen LogP contribution is -2.41. The van der Waals surface area contributed by atoms with Gasteiger partial charge >= 0.3 is 6.03 Å². The molecule has 2 aromatic rings. The molecular formula is C19H25N5O. The van der Waals surface area contributed by atoms with Crippen LogP contribution in [0.1, 0.15) is 28.8 Å². The molecule has 25 heavy (non-hydrogen) atoms. The minimum Gasteiger partial charge on any atom is -0.347 e. The quantitative estimate of drug-likeness (QED) is 0.902. The Morgan fingerprint density at radius 3 is 2.76 bits per heavy atom. The largest absolute Gasteiger partial charge is 0.347 e. The smallest absolute Gasteiger partial charge is 0.319 e. The number of nitrogens with one attached hydrogen (secondary N) is 2. The highest BCUT2D eigenvalue weighted by Crippen LogP contribution is 2.21. The zero-order chi connectivity index (χ0) is 18.0. The molecule has 132 valence electrons. The van der Waals surface area contributed by atoms with E-state index in [1.165, 1.54) is 11.1 Å². The van der Waals surface area contributed by atoms with Gasteiger partial charge in [0.15, 0.2) is 0 Å². The molecule has 6 heteroatoms. The number of urea groups is 1. The van der Waals surface area contributed by atoms with Crippen LogP contribution in [0, 0.1) is 13.8 Å². The van der Waals surface area contributed by atoms with Crippen LogP contribution in [0.3, 0.4) is 0 Å². The summed E-state index contributed by atoms with van der Waals surface area (Å²) in [5, 5.41) is 5.98. The molecule has 0 aliphatic heterocycles. The Labute approximate surface area is 148 Å². The van der Waals surface area contributed by atoms with Gasteiger partial charge in [-0.3, -0.25) is 0 Å². The van der Waals surface area contributed by atoms with Gasteiger partial charge in [-0.1, -0.05) is 6.07 Å². The van der Waals surface area contributed by atoms with E-state index >= 15 is 0 Å². The topological polar surface area (TPSA) is 70.2 Å². The van der Waals surface area contributed by atoms with Gasteiger partial charge in [0.25, 0.3) is 0 Å². The second kappa shape index (κ2) is 7.09. The number of hydrogen-bond acceptors (Lipinski definition) is 4. The predicted octanol–water partition coefficient (Wildman–Crippen LogP) is 2.84. The third-order valence-corrected chi connectivity index (χ3v) is 4.64. The summed E-state index contributed by atoms with van der Waals surface area (Å²) in [6.07, 6.45) is 4.39. The summed E-state index contributed by atoms with van der Waals surface area (Å²) in [7, 11) is 3.87. The summed E-state index contributed by atoms with van der Waals surface area (Å²) >= 11 is 0. The second-order valence-electron chi connectivity index (χ2n) is 6.87. The first-order chi connectivity index (χ1) is 11.9. The number of hydrogen-bond donors (Lipinski definition) is 2. The fraction of sp³-hybridized carbons (Fsp3) is 0.421. The molecule has 1 aliphatic carbocycles. The molecule has 0 radical (unpaired) electrons. The fourth-order valence-corrected chi connectivity index (χ4v) is 3.01. The van der Waals surface area contributed by atoms with Crippen LogP contribution < -0.4 is 15.5 Å². The normalized spacial score (nSPS) is 16.1. The van der Waals surface area contributed by atoms with Gasteiger partial charge in [-0.15, -0.1) is 0 Å². The molecule has 1 aromatic carbocycles. The Morgan fingerprint density at radius 2 is 2.04 bits per heavy atom. The van der Waals surface area contributed by atoms with Crippen molar-refractivity contribution in [2.24, 2.45) is 0 Å². The van der Waals surface area contributed by atoms with Crippen molar-refractivity contribution in [3.63, 3.8) is 0 Å². The zero-order valence-corrected chi connectivity index (χ0v) is 15.3. The van der Waals surface area contributed by atoms with E-state index in [9.17, 15) is 4.79 Å². The zero-order valence-electron chi connectivity index (χ0n) is 15.3. The number of carbonyl (C=O) groups excluding carboxylic acids is 1. The molecule has 6 nitrogen and oxygen atoms in total. The first-order valence-electron chi connectivity index (χ1n) is 8.59. The monoisotopic (exact) mass is 339 g/mol. The van der Waals surface area contributed by atoms with Gasteiger partial charge < -0.3 is 15.5 Å². The van der Waals surface area contributed by atoms with E-state index in [-0.39, 0.29) is 12.1 Å². The van der Waals surface area contributed by atoms with Crippen molar-refractivity contribution in [1.29, 1.82) is 0 Å². The number of nitrogens with zero attached hydrogens (tertiary/aromatic N) is 3. The number of aryl methyl sites for hydroxylation is 3. The van der Waals surface area contributed by atoms with Crippen molar-refractivity contribution in [2.45, 2.75) is 39.2 Å². The highest BCUT2D eigenvalue weighted by atomic mass is 16.2. The van der Waals surface area contributed by atoms with E-state index in [4.69, 9.17) is 0 Å². The maximum absolute atomic E-state index is 12.3. The lowest BCUT2D eigenvalue weighted by molar-refractivity contribution is 0.247. The van der Waals surface area contributed by atoms with Gasteiger partial charge in [0.05, 0.1) is 0 Å². The van der Waals surface area contributed by atoms with Crippen molar-refractivity contribution < 1.29 is 4.79 Å². The molecule has 2 N–H and O–H groups in total. The Morgan fingerprint density at radius 1 is 1.24 bits per heavy atom. The van der Waals surface area contributed by atoms with Crippen LogP contribution in [0.4, 0.5) is 16.4 Å². The first-order valence-corrected chi connectivity index (χ1v) is 8.59. The predicted molar refractivity (Wildman–Crippen MR) is 100 cm³/mol. The number of amides is 2.